The maximum absolute atomic E-state index is 11.7. The first kappa shape index (κ1) is 8.17. The highest BCUT2D eigenvalue weighted by atomic mass is 16.2. The quantitative estimate of drug-likeness (QED) is 0.517. The Kier molecular flexibility index (Phi) is 1.33. The summed E-state index contributed by atoms with van der Waals surface area (Å²) in [5.41, 5.74) is 6.93. The molecule has 3 rings (SSSR count). The van der Waals surface area contributed by atoms with Crippen LogP contribution < -0.4 is 5.73 Å². The minimum Gasteiger partial charge on any atom is -0.398 e. The Morgan fingerprint density at radius 3 is 2.53 bits per heavy atom. The van der Waals surface area contributed by atoms with Gasteiger partial charge in [-0.25, -0.2) is 0 Å². The van der Waals surface area contributed by atoms with E-state index in [1.165, 1.54) is 0 Å². The van der Waals surface area contributed by atoms with Gasteiger partial charge in [-0.1, -0.05) is 24.3 Å². The highest BCUT2D eigenvalue weighted by Crippen LogP contribution is 2.33. The topological polar surface area (TPSA) is 60.2 Å². The van der Waals surface area contributed by atoms with Crippen LogP contribution in [0.2, 0.25) is 0 Å². The highest BCUT2D eigenvalue weighted by Gasteiger charge is 2.32. The van der Waals surface area contributed by atoms with E-state index >= 15 is 0 Å². The summed E-state index contributed by atoms with van der Waals surface area (Å²) >= 11 is 0. The second-order valence-corrected chi connectivity index (χ2v) is 3.59. The highest BCUT2D eigenvalue weighted by molar-refractivity contribution is 6.58. The number of carbonyl (C=O) groups is 2. The molecule has 0 saturated carbocycles. The lowest BCUT2D eigenvalue weighted by Gasteiger charge is -2.01. The number of nitrogen functional groups attached to an aromatic ring is 1. The molecule has 0 unspecified atom stereocenters. The van der Waals surface area contributed by atoms with Crippen LogP contribution in [0.3, 0.4) is 0 Å². The van der Waals surface area contributed by atoms with Gasteiger partial charge in [-0.3, -0.25) is 9.59 Å². The van der Waals surface area contributed by atoms with E-state index in [1.807, 2.05) is 12.1 Å². The Labute approximate surface area is 85.5 Å². The summed E-state index contributed by atoms with van der Waals surface area (Å²) < 4.78 is 0. The number of nitrogens with two attached hydrogens (primary N) is 1. The number of hydrogen-bond donors (Lipinski definition) is 1. The summed E-state index contributed by atoms with van der Waals surface area (Å²) in [6, 6.07) is 8.79. The van der Waals surface area contributed by atoms with E-state index in [1.54, 1.807) is 18.2 Å². The number of benzene rings is 2. The van der Waals surface area contributed by atoms with Crippen molar-refractivity contribution in [3.05, 3.63) is 41.5 Å². The van der Waals surface area contributed by atoms with Gasteiger partial charge in [0.05, 0.1) is 5.56 Å². The molecule has 2 aromatic carbocycles. The second kappa shape index (κ2) is 2.45. The third-order valence-corrected chi connectivity index (χ3v) is 2.76. The van der Waals surface area contributed by atoms with Crippen LogP contribution in [0.15, 0.2) is 30.3 Å². The maximum atomic E-state index is 11.7. The normalized spacial score (nSPS) is 13.9. The number of anilines is 1. The zero-order valence-electron chi connectivity index (χ0n) is 7.78. The fourth-order valence-corrected chi connectivity index (χ4v) is 2.06. The third kappa shape index (κ3) is 0.845. The van der Waals surface area contributed by atoms with Gasteiger partial charge in [0.2, 0.25) is 11.6 Å². The lowest BCUT2D eigenvalue weighted by molar-refractivity contribution is 0.0826. The monoisotopic (exact) mass is 197 g/mol. The van der Waals surface area contributed by atoms with Gasteiger partial charge in [0.25, 0.3) is 0 Å². The molecule has 0 saturated heterocycles. The van der Waals surface area contributed by atoms with Crippen LogP contribution in [-0.4, -0.2) is 11.6 Å². The molecule has 2 N–H and O–H groups in total. The van der Waals surface area contributed by atoms with Crippen molar-refractivity contribution in [2.45, 2.75) is 0 Å². The summed E-state index contributed by atoms with van der Waals surface area (Å²) in [6.07, 6.45) is 0. The fourth-order valence-electron chi connectivity index (χ4n) is 2.06. The van der Waals surface area contributed by atoms with Gasteiger partial charge in [0.1, 0.15) is 0 Å². The van der Waals surface area contributed by atoms with Crippen LogP contribution in [-0.2, 0) is 0 Å². The second-order valence-electron chi connectivity index (χ2n) is 3.59. The van der Waals surface area contributed by atoms with E-state index in [9.17, 15) is 9.59 Å². The molecule has 0 bridgehead atoms. The van der Waals surface area contributed by atoms with Crippen LogP contribution in [0, 0.1) is 0 Å². The molecule has 2 aromatic rings. The Balaban J connectivity index is 2.63. The Morgan fingerprint density at radius 2 is 1.73 bits per heavy atom. The van der Waals surface area contributed by atoms with E-state index in [2.05, 4.69) is 0 Å². The smallest absolute Gasteiger partial charge is 0.236 e. The van der Waals surface area contributed by atoms with Gasteiger partial charge in [-0.05, 0) is 11.5 Å². The van der Waals surface area contributed by atoms with E-state index in [0.717, 1.165) is 5.39 Å². The molecule has 1 aliphatic carbocycles. The number of Topliss-reactive ketones (excluding diaryl/α,β-unsaturated/α-hetero) is 2. The Hall–Kier alpha value is -2.16. The first-order valence-electron chi connectivity index (χ1n) is 4.60. The van der Waals surface area contributed by atoms with Gasteiger partial charge in [0.15, 0.2) is 0 Å². The molecule has 15 heavy (non-hydrogen) atoms. The van der Waals surface area contributed by atoms with Crippen LogP contribution in [0.25, 0.3) is 10.8 Å². The number of carbonyl (C=O) groups excluding carboxylic acids is 2. The molecular formula is C12H7NO2. The van der Waals surface area contributed by atoms with E-state index in [-0.39, 0.29) is 0 Å². The minimum atomic E-state index is -0.487. The zero-order chi connectivity index (χ0) is 10.6. The average Bonchev–Trinajstić information content (AvgIpc) is 2.50. The predicted molar refractivity (Wildman–Crippen MR) is 57.0 cm³/mol. The standard InChI is InChI=1S/C12H7NO2/c13-8-5-4-6-2-1-3-7-9(6)10(8)12(15)11(7)14/h1-5H,13H2. The van der Waals surface area contributed by atoms with Gasteiger partial charge in [-0.15, -0.1) is 0 Å². The SMILES string of the molecule is Nc1ccc2cccc3c2c1C(=O)C3=O. The lowest BCUT2D eigenvalue weighted by Crippen LogP contribution is -2.08. The predicted octanol–water partition coefficient (Wildman–Crippen LogP) is 1.80. The van der Waals surface area contributed by atoms with Crippen molar-refractivity contribution in [3.8, 4) is 0 Å². The molecule has 0 radical (unpaired) electrons. The third-order valence-electron chi connectivity index (χ3n) is 2.76. The summed E-state index contributed by atoms with van der Waals surface area (Å²) in [7, 11) is 0. The Bertz CT molecular complexity index is 629. The zero-order valence-corrected chi connectivity index (χ0v) is 7.78. The minimum absolute atomic E-state index is 0.369. The van der Waals surface area contributed by atoms with Gasteiger partial charge in [-0.2, -0.15) is 0 Å². The number of hydrogen-bond acceptors (Lipinski definition) is 3. The molecule has 0 fully saturated rings. The van der Waals surface area contributed by atoms with E-state index in [0.29, 0.717) is 22.2 Å². The molecule has 0 aromatic heterocycles. The molecule has 0 spiro atoms. The van der Waals surface area contributed by atoms with Crippen LogP contribution in [0.4, 0.5) is 5.69 Å². The Morgan fingerprint density at radius 1 is 0.933 bits per heavy atom. The summed E-state index contributed by atoms with van der Waals surface area (Å²) in [5.74, 6) is -0.937. The van der Waals surface area contributed by atoms with Gasteiger partial charge >= 0.3 is 0 Å². The van der Waals surface area contributed by atoms with Crippen molar-refractivity contribution in [1.29, 1.82) is 0 Å². The summed E-state index contributed by atoms with van der Waals surface area (Å²) in [6.45, 7) is 0. The molecule has 0 heterocycles. The first-order valence-corrected chi connectivity index (χ1v) is 4.60. The summed E-state index contributed by atoms with van der Waals surface area (Å²) in [5, 5.41) is 1.59. The van der Waals surface area contributed by atoms with Gasteiger partial charge in [0, 0.05) is 16.6 Å². The molecular weight excluding hydrogens is 190 g/mol. The van der Waals surface area contributed by atoms with Crippen LogP contribution in [0.1, 0.15) is 20.7 Å². The van der Waals surface area contributed by atoms with Crippen molar-refractivity contribution in [2.75, 3.05) is 5.73 Å². The van der Waals surface area contributed by atoms with Crippen molar-refractivity contribution < 1.29 is 9.59 Å². The molecule has 0 atom stereocenters. The molecule has 3 heteroatoms. The average molecular weight is 197 g/mol. The van der Waals surface area contributed by atoms with Crippen LogP contribution in [0.5, 0.6) is 0 Å². The van der Waals surface area contributed by atoms with Crippen LogP contribution >= 0.6 is 0 Å². The molecule has 3 nitrogen and oxygen atoms in total. The van der Waals surface area contributed by atoms with Crippen molar-refractivity contribution in [1.82, 2.24) is 0 Å². The van der Waals surface area contributed by atoms with Crippen molar-refractivity contribution in [2.24, 2.45) is 0 Å². The number of ketones is 2. The molecule has 1 aliphatic rings. The lowest BCUT2D eigenvalue weighted by atomic mass is 10.0. The molecule has 72 valence electrons. The number of rotatable bonds is 0. The van der Waals surface area contributed by atoms with E-state index < -0.39 is 11.6 Å². The molecule has 0 amide bonds. The first-order chi connectivity index (χ1) is 7.20. The molecule has 0 aliphatic heterocycles. The van der Waals surface area contributed by atoms with E-state index in [4.69, 9.17) is 5.73 Å². The van der Waals surface area contributed by atoms with Gasteiger partial charge < -0.3 is 5.73 Å². The fraction of sp³-hybridized carbons (Fsp3) is 0. The van der Waals surface area contributed by atoms with Crippen molar-refractivity contribution >= 4 is 28.0 Å². The largest absolute Gasteiger partial charge is 0.398 e. The van der Waals surface area contributed by atoms with Crippen molar-refractivity contribution in [3.63, 3.8) is 0 Å². The summed E-state index contributed by atoms with van der Waals surface area (Å²) in [4.78, 5) is 23.3. The maximum Gasteiger partial charge on any atom is 0.236 e.